The summed E-state index contributed by atoms with van der Waals surface area (Å²) in [5.41, 5.74) is 4.45. The first kappa shape index (κ1) is 15.3. The summed E-state index contributed by atoms with van der Waals surface area (Å²) in [6.45, 7) is 3.86. The van der Waals surface area contributed by atoms with E-state index in [1.165, 1.54) is 16.0 Å². The molecule has 0 saturated carbocycles. The van der Waals surface area contributed by atoms with E-state index in [0.717, 1.165) is 36.1 Å². The van der Waals surface area contributed by atoms with E-state index < -0.39 is 0 Å². The van der Waals surface area contributed by atoms with Gasteiger partial charge in [-0.15, -0.1) is 0 Å². The van der Waals surface area contributed by atoms with Crippen LogP contribution in [0.25, 0.3) is 0 Å². The lowest BCUT2D eigenvalue weighted by atomic mass is 10.1. The number of thioether (sulfide) groups is 1. The van der Waals surface area contributed by atoms with Crippen LogP contribution in [-0.2, 0) is 11.2 Å². The smallest absolute Gasteiger partial charge is 0.224 e. The molecule has 0 radical (unpaired) electrons. The zero-order valence-electron chi connectivity index (χ0n) is 13.6. The number of fused-ring (bicyclic) bond motifs is 3. The Labute approximate surface area is 146 Å². The number of amidine groups is 1. The van der Waals surface area contributed by atoms with Gasteiger partial charge in [-0.1, -0.05) is 29.8 Å². The van der Waals surface area contributed by atoms with Gasteiger partial charge < -0.3 is 10.2 Å². The van der Waals surface area contributed by atoms with Crippen LogP contribution in [0.4, 0.5) is 11.4 Å². The molecule has 1 amide bonds. The summed E-state index contributed by atoms with van der Waals surface area (Å²) in [6, 6.07) is 14.4. The van der Waals surface area contributed by atoms with Crippen LogP contribution in [0.15, 0.2) is 52.4 Å². The summed E-state index contributed by atoms with van der Waals surface area (Å²) < 4.78 is 0. The van der Waals surface area contributed by atoms with Gasteiger partial charge >= 0.3 is 0 Å². The van der Waals surface area contributed by atoms with Gasteiger partial charge in [-0.3, -0.25) is 9.79 Å². The van der Waals surface area contributed by atoms with Gasteiger partial charge in [0.15, 0.2) is 5.17 Å². The van der Waals surface area contributed by atoms with E-state index in [1.807, 2.05) is 6.07 Å². The number of nitrogens with one attached hydrogen (secondary N) is 1. The normalized spacial score (nSPS) is 15.0. The number of carbonyl (C=O) groups excluding carboxylic acids is 1. The van der Waals surface area contributed by atoms with Crippen LogP contribution in [0.2, 0.25) is 0 Å². The van der Waals surface area contributed by atoms with Crippen molar-refractivity contribution in [2.75, 3.05) is 23.3 Å². The Morgan fingerprint density at radius 2 is 2.08 bits per heavy atom. The molecule has 0 aromatic heterocycles. The molecule has 2 aliphatic heterocycles. The van der Waals surface area contributed by atoms with Crippen LogP contribution in [0.1, 0.15) is 17.5 Å². The van der Waals surface area contributed by atoms with Crippen molar-refractivity contribution in [1.29, 1.82) is 0 Å². The largest absolute Gasteiger partial charge is 0.326 e. The maximum absolute atomic E-state index is 12.2. The van der Waals surface area contributed by atoms with E-state index in [1.54, 1.807) is 11.8 Å². The molecule has 2 aromatic carbocycles. The second kappa shape index (κ2) is 6.32. The third kappa shape index (κ3) is 3.04. The van der Waals surface area contributed by atoms with Crippen LogP contribution >= 0.6 is 11.8 Å². The Bertz CT molecular complexity index is 814. The Balaban J connectivity index is 1.39. The fourth-order valence-corrected chi connectivity index (χ4v) is 4.03. The molecule has 5 heteroatoms. The molecule has 122 valence electrons. The fraction of sp³-hybridized carbons (Fsp3) is 0.263. The molecular formula is C19H19N3OS. The Hall–Kier alpha value is -2.27. The molecule has 0 unspecified atom stereocenters. The Morgan fingerprint density at radius 1 is 1.25 bits per heavy atom. The van der Waals surface area contributed by atoms with Crippen molar-refractivity contribution in [2.24, 2.45) is 4.99 Å². The number of anilines is 2. The topological polar surface area (TPSA) is 44.7 Å². The van der Waals surface area contributed by atoms with Crippen molar-refractivity contribution >= 4 is 34.2 Å². The van der Waals surface area contributed by atoms with Crippen LogP contribution in [0.3, 0.4) is 0 Å². The lowest BCUT2D eigenvalue weighted by Gasteiger charge is -2.13. The summed E-state index contributed by atoms with van der Waals surface area (Å²) >= 11 is 1.71. The lowest BCUT2D eigenvalue weighted by Crippen LogP contribution is -2.21. The molecule has 4 nitrogen and oxygen atoms in total. The molecular weight excluding hydrogens is 318 g/mol. The van der Waals surface area contributed by atoms with Crippen LogP contribution in [-0.4, -0.2) is 24.2 Å². The first-order valence-electron chi connectivity index (χ1n) is 8.18. The molecule has 0 fully saturated rings. The first-order chi connectivity index (χ1) is 11.7. The highest BCUT2D eigenvalue weighted by molar-refractivity contribution is 8.14. The summed E-state index contributed by atoms with van der Waals surface area (Å²) in [5, 5.41) is 4.10. The van der Waals surface area contributed by atoms with Crippen LogP contribution < -0.4 is 10.2 Å². The molecule has 1 N–H and O–H groups in total. The number of nitrogens with zero attached hydrogens (tertiary/aromatic N) is 2. The van der Waals surface area contributed by atoms with Gasteiger partial charge in [-0.2, -0.15) is 0 Å². The summed E-state index contributed by atoms with van der Waals surface area (Å²) in [6.07, 6.45) is 1.25. The number of aliphatic imine (C=N–C) groups is 1. The number of benzene rings is 2. The van der Waals surface area contributed by atoms with E-state index in [9.17, 15) is 4.79 Å². The first-order valence-corrected chi connectivity index (χ1v) is 9.00. The second-order valence-electron chi connectivity index (χ2n) is 6.13. The van der Waals surface area contributed by atoms with Gasteiger partial charge in [0.1, 0.15) is 0 Å². The quantitative estimate of drug-likeness (QED) is 0.922. The molecule has 0 spiro atoms. The summed E-state index contributed by atoms with van der Waals surface area (Å²) in [5.74, 6) is 0.0523. The molecule has 4 rings (SSSR count). The van der Waals surface area contributed by atoms with Crippen molar-refractivity contribution in [3.63, 3.8) is 0 Å². The number of hydrogen-bond donors (Lipinski definition) is 1. The molecule has 2 heterocycles. The lowest BCUT2D eigenvalue weighted by molar-refractivity contribution is -0.116. The molecule has 2 aromatic rings. The molecule has 0 aliphatic carbocycles. The molecule has 0 atom stereocenters. The van der Waals surface area contributed by atoms with Crippen molar-refractivity contribution in [1.82, 2.24) is 0 Å². The van der Waals surface area contributed by atoms with E-state index in [-0.39, 0.29) is 5.91 Å². The SMILES string of the molecule is Cc1ccc(CCC(=O)Nc2ccc3c(c2)N2CCN=C2S3)cc1. The average Bonchev–Trinajstić information content (AvgIpc) is 3.16. The highest BCUT2D eigenvalue weighted by Crippen LogP contribution is 2.43. The monoisotopic (exact) mass is 337 g/mol. The fourth-order valence-electron chi connectivity index (χ4n) is 2.96. The predicted octanol–water partition coefficient (Wildman–Crippen LogP) is 3.85. The minimum absolute atomic E-state index is 0.0523. The number of amides is 1. The summed E-state index contributed by atoms with van der Waals surface area (Å²) in [7, 11) is 0. The van der Waals surface area contributed by atoms with Gasteiger partial charge in [0.05, 0.1) is 12.2 Å². The third-order valence-electron chi connectivity index (χ3n) is 4.30. The van der Waals surface area contributed by atoms with Crippen molar-refractivity contribution in [3.05, 3.63) is 53.6 Å². The number of rotatable bonds is 4. The van der Waals surface area contributed by atoms with E-state index in [4.69, 9.17) is 0 Å². The summed E-state index contributed by atoms with van der Waals surface area (Å²) in [4.78, 5) is 20.2. The van der Waals surface area contributed by atoms with Crippen molar-refractivity contribution in [2.45, 2.75) is 24.7 Å². The third-order valence-corrected chi connectivity index (χ3v) is 5.39. The number of aryl methyl sites for hydroxylation is 2. The van der Waals surface area contributed by atoms with E-state index in [2.05, 4.69) is 58.5 Å². The number of carbonyl (C=O) groups is 1. The van der Waals surface area contributed by atoms with Crippen LogP contribution in [0.5, 0.6) is 0 Å². The maximum atomic E-state index is 12.2. The zero-order chi connectivity index (χ0) is 16.5. The number of hydrogen-bond acceptors (Lipinski definition) is 4. The maximum Gasteiger partial charge on any atom is 0.224 e. The Morgan fingerprint density at radius 3 is 2.92 bits per heavy atom. The molecule has 0 saturated heterocycles. The van der Waals surface area contributed by atoms with Gasteiger partial charge in [0.25, 0.3) is 0 Å². The minimum Gasteiger partial charge on any atom is -0.326 e. The highest BCUT2D eigenvalue weighted by atomic mass is 32.2. The molecule has 0 bridgehead atoms. The van der Waals surface area contributed by atoms with Gasteiger partial charge in [0.2, 0.25) is 5.91 Å². The van der Waals surface area contributed by atoms with Gasteiger partial charge in [0, 0.05) is 23.5 Å². The standard InChI is InChI=1S/C19H19N3OS/c1-13-2-4-14(5-3-13)6-9-18(23)21-15-7-8-17-16(12-15)22-11-10-20-19(22)24-17/h2-5,7-8,12H,6,9-11H2,1H3,(H,21,23). The molecule has 2 aliphatic rings. The van der Waals surface area contributed by atoms with E-state index in [0.29, 0.717) is 6.42 Å². The average molecular weight is 337 g/mol. The van der Waals surface area contributed by atoms with Gasteiger partial charge in [-0.05, 0) is 48.9 Å². The van der Waals surface area contributed by atoms with Gasteiger partial charge in [-0.25, -0.2) is 0 Å². The van der Waals surface area contributed by atoms with Crippen molar-refractivity contribution in [3.8, 4) is 0 Å². The predicted molar refractivity (Wildman–Crippen MR) is 100 cm³/mol. The Kier molecular flexibility index (Phi) is 4.02. The molecule has 24 heavy (non-hydrogen) atoms. The highest BCUT2D eigenvalue weighted by Gasteiger charge is 2.29. The second-order valence-corrected chi connectivity index (χ2v) is 7.14. The van der Waals surface area contributed by atoms with E-state index >= 15 is 0 Å². The zero-order valence-corrected chi connectivity index (χ0v) is 14.4. The van der Waals surface area contributed by atoms with Crippen LogP contribution in [0, 0.1) is 6.92 Å². The minimum atomic E-state index is 0.0523. The van der Waals surface area contributed by atoms with Crippen molar-refractivity contribution < 1.29 is 4.79 Å².